The number of aldehydes is 1. The van der Waals surface area contributed by atoms with Crippen LogP contribution in [0.5, 0.6) is 0 Å². The Morgan fingerprint density at radius 3 is 2.58 bits per heavy atom. The molecule has 7 heteroatoms. The number of β-lactam (4-membered cyclic amide) rings is 1. The number of aryl methyl sites for hydroxylation is 1. The van der Waals surface area contributed by atoms with E-state index in [-0.39, 0.29) is 30.7 Å². The molecular formula is C17H20N2O5. The molecule has 0 aromatic heterocycles. The first-order valence-electron chi connectivity index (χ1n) is 7.78. The maximum atomic E-state index is 11.8. The Labute approximate surface area is 140 Å². The Bertz CT molecular complexity index is 626. The smallest absolute Gasteiger partial charge is 0.250 e. The summed E-state index contributed by atoms with van der Waals surface area (Å²) in [6.07, 6.45) is 1.28. The lowest BCUT2D eigenvalue weighted by Gasteiger charge is -2.28. The van der Waals surface area contributed by atoms with Gasteiger partial charge in [0.2, 0.25) is 17.7 Å². The highest BCUT2D eigenvalue weighted by Gasteiger charge is 2.29. The molecule has 1 atom stereocenters. The minimum absolute atomic E-state index is 0.107. The molecule has 0 bridgehead atoms. The van der Waals surface area contributed by atoms with Gasteiger partial charge < -0.3 is 14.8 Å². The van der Waals surface area contributed by atoms with Crippen molar-refractivity contribution in [3.63, 3.8) is 0 Å². The highest BCUT2D eigenvalue weighted by molar-refractivity contribution is 5.99. The Morgan fingerprint density at radius 2 is 2.04 bits per heavy atom. The summed E-state index contributed by atoms with van der Waals surface area (Å²) in [6, 6.07) is 7.09. The van der Waals surface area contributed by atoms with Crippen molar-refractivity contribution in [1.82, 2.24) is 4.90 Å². The minimum atomic E-state index is -0.617. The Hall–Kier alpha value is -2.54. The largest absolute Gasteiger partial charge is 0.361 e. The molecule has 128 valence electrons. The van der Waals surface area contributed by atoms with Gasteiger partial charge in [0.25, 0.3) is 0 Å². The molecule has 1 unspecified atom stereocenters. The van der Waals surface area contributed by atoms with Crippen LogP contribution in [0.25, 0.3) is 0 Å². The second-order valence-corrected chi connectivity index (χ2v) is 5.59. The monoisotopic (exact) mass is 332 g/mol. The van der Waals surface area contributed by atoms with E-state index in [1.807, 2.05) is 12.1 Å². The van der Waals surface area contributed by atoms with Gasteiger partial charge in [0.15, 0.2) is 0 Å². The summed E-state index contributed by atoms with van der Waals surface area (Å²) in [6.45, 7) is 1.89. The number of carbonyl (C=O) groups excluding carboxylic acids is 4. The van der Waals surface area contributed by atoms with Crippen LogP contribution in [0.3, 0.4) is 0 Å². The van der Waals surface area contributed by atoms with Crippen LogP contribution < -0.4 is 5.32 Å². The summed E-state index contributed by atoms with van der Waals surface area (Å²) < 4.78 is 5.01. The molecule has 24 heavy (non-hydrogen) atoms. The Kier molecular flexibility index (Phi) is 6.20. The average molecular weight is 332 g/mol. The normalized spacial score (nSPS) is 14.7. The maximum Gasteiger partial charge on any atom is 0.250 e. The molecule has 1 N–H and O–H groups in total. The third kappa shape index (κ3) is 4.99. The first kappa shape index (κ1) is 17.8. The first-order valence-corrected chi connectivity index (χ1v) is 7.78. The number of ether oxygens (including phenoxy) is 1. The zero-order valence-corrected chi connectivity index (χ0v) is 13.5. The van der Waals surface area contributed by atoms with E-state index in [2.05, 4.69) is 5.32 Å². The van der Waals surface area contributed by atoms with Gasteiger partial charge in [-0.3, -0.25) is 19.3 Å². The van der Waals surface area contributed by atoms with Crippen molar-refractivity contribution in [2.24, 2.45) is 0 Å². The highest BCUT2D eigenvalue weighted by atomic mass is 16.5. The van der Waals surface area contributed by atoms with Gasteiger partial charge in [0.1, 0.15) is 19.0 Å². The zero-order valence-electron chi connectivity index (χ0n) is 13.5. The number of likely N-dealkylation sites (tertiary alicyclic amines) is 1. The third-order valence-corrected chi connectivity index (χ3v) is 3.69. The minimum Gasteiger partial charge on any atom is -0.361 e. The predicted molar refractivity (Wildman–Crippen MR) is 86.2 cm³/mol. The molecule has 1 aliphatic rings. The van der Waals surface area contributed by atoms with E-state index in [9.17, 15) is 19.2 Å². The number of nitrogens with one attached hydrogen (secondary N) is 1. The third-order valence-electron chi connectivity index (χ3n) is 3.69. The molecule has 1 aromatic carbocycles. The van der Waals surface area contributed by atoms with Crippen molar-refractivity contribution in [2.45, 2.75) is 32.3 Å². The van der Waals surface area contributed by atoms with Crippen LogP contribution in [-0.2, 0) is 30.3 Å². The fraction of sp³-hybridized carbons (Fsp3) is 0.412. The highest BCUT2D eigenvalue weighted by Crippen LogP contribution is 2.14. The maximum absolute atomic E-state index is 11.8. The summed E-state index contributed by atoms with van der Waals surface area (Å²) >= 11 is 0. The van der Waals surface area contributed by atoms with E-state index < -0.39 is 6.10 Å². The van der Waals surface area contributed by atoms with Gasteiger partial charge in [-0.25, -0.2) is 0 Å². The number of carbonyl (C=O) groups is 4. The number of hydrogen-bond donors (Lipinski definition) is 1. The van der Waals surface area contributed by atoms with Crippen molar-refractivity contribution in [3.8, 4) is 0 Å². The molecule has 1 heterocycles. The van der Waals surface area contributed by atoms with Crippen LogP contribution in [0.4, 0.5) is 5.69 Å². The molecule has 3 amide bonds. The van der Waals surface area contributed by atoms with E-state index in [1.54, 1.807) is 19.1 Å². The molecule has 0 saturated carbocycles. The van der Waals surface area contributed by atoms with Crippen molar-refractivity contribution in [2.75, 3.05) is 18.5 Å². The number of rotatable bonds is 8. The van der Waals surface area contributed by atoms with Gasteiger partial charge in [0.05, 0.1) is 0 Å². The lowest BCUT2D eigenvalue weighted by atomic mass is 10.1. The molecule has 0 radical (unpaired) electrons. The van der Waals surface area contributed by atoms with Crippen LogP contribution >= 0.6 is 0 Å². The van der Waals surface area contributed by atoms with Crippen LogP contribution in [0.1, 0.15) is 25.3 Å². The molecule has 1 aliphatic heterocycles. The number of amides is 3. The van der Waals surface area contributed by atoms with E-state index in [4.69, 9.17) is 4.74 Å². The van der Waals surface area contributed by atoms with Gasteiger partial charge in [-0.1, -0.05) is 12.1 Å². The van der Waals surface area contributed by atoms with Gasteiger partial charge in [-0.2, -0.15) is 0 Å². The summed E-state index contributed by atoms with van der Waals surface area (Å²) in [4.78, 5) is 46.3. The van der Waals surface area contributed by atoms with Crippen molar-refractivity contribution < 1.29 is 23.9 Å². The molecule has 1 aromatic rings. The van der Waals surface area contributed by atoms with Crippen LogP contribution in [0.15, 0.2) is 24.3 Å². The topological polar surface area (TPSA) is 92.8 Å². The number of hydrogen-bond acceptors (Lipinski definition) is 5. The molecule has 1 saturated heterocycles. The van der Waals surface area contributed by atoms with Crippen molar-refractivity contribution >= 4 is 29.7 Å². The Morgan fingerprint density at radius 1 is 1.33 bits per heavy atom. The SMILES string of the molecule is CC(C=O)OCC(=O)Nc1ccc(CCC(=O)N2CCC2=O)cc1. The van der Waals surface area contributed by atoms with E-state index >= 15 is 0 Å². The zero-order chi connectivity index (χ0) is 17.5. The summed E-state index contributed by atoms with van der Waals surface area (Å²) in [7, 11) is 0. The second kappa shape index (κ2) is 8.35. The van der Waals surface area contributed by atoms with Crippen LogP contribution in [0.2, 0.25) is 0 Å². The molecule has 7 nitrogen and oxygen atoms in total. The number of imide groups is 1. The van der Waals surface area contributed by atoms with Gasteiger partial charge in [-0.05, 0) is 31.0 Å². The van der Waals surface area contributed by atoms with Gasteiger partial charge >= 0.3 is 0 Å². The van der Waals surface area contributed by atoms with Crippen LogP contribution in [0, 0.1) is 0 Å². The van der Waals surface area contributed by atoms with Gasteiger partial charge in [-0.15, -0.1) is 0 Å². The average Bonchev–Trinajstić information content (AvgIpc) is 2.57. The second-order valence-electron chi connectivity index (χ2n) is 5.59. The van der Waals surface area contributed by atoms with E-state index in [0.717, 1.165) is 5.56 Å². The van der Waals surface area contributed by atoms with Crippen molar-refractivity contribution in [3.05, 3.63) is 29.8 Å². The number of nitrogens with zero attached hydrogens (tertiary/aromatic N) is 1. The van der Waals surface area contributed by atoms with E-state index in [1.165, 1.54) is 4.90 Å². The number of benzene rings is 1. The molecule has 1 fully saturated rings. The summed E-state index contributed by atoms with van der Waals surface area (Å²) in [5, 5.41) is 2.66. The standard InChI is InChI=1S/C17H20N2O5/c1-12(10-20)24-11-15(21)18-14-5-2-13(3-6-14)4-7-16(22)19-9-8-17(19)23/h2-3,5-6,10,12H,4,7-9,11H2,1H3,(H,18,21). The number of anilines is 1. The molecular weight excluding hydrogens is 312 g/mol. The lowest BCUT2D eigenvalue weighted by Crippen LogP contribution is -2.47. The van der Waals surface area contributed by atoms with E-state index in [0.29, 0.717) is 31.4 Å². The summed E-state index contributed by atoms with van der Waals surface area (Å²) in [5.41, 5.74) is 1.55. The molecule has 2 rings (SSSR count). The summed E-state index contributed by atoms with van der Waals surface area (Å²) in [5.74, 6) is -0.600. The fourth-order valence-electron chi connectivity index (χ4n) is 2.16. The fourth-order valence-corrected chi connectivity index (χ4v) is 2.16. The molecule has 0 spiro atoms. The van der Waals surface area contributed by atoms with Crippen LogP contribution in [-0.4, -0.2) is 48.2 Å². The Balaban J connectivity index is 1.76. The van der Waals surface area contributed by atoms with Crippen molar-refractivity contribution in [1.29, 1.82) is 0 Å². The predicted octanol–water partition coefficient (Wildman–Crippen LogP) is 0.921. The first-order chi connectivity index (χ1) is 11.5. The quantitative estimate of drug-likeness (QED) is 0.564. The van der Waals surface area contributed by atoms with Gasteiger partial charge in [0, 0.05) is 25.1 Å². The lowest BCUT2D eigenvalue weighted by molar-refractivity contribution is -0.152. The molecule has 0 aliphatic carbocycles.